The van der Waals surface area contributed by atoms with Gasteiger partial charge in [0.25, 0.3) is 0 Å². The van der Waals surface area contributed by atoms with Crippen LogP contribution in [0.25, 0.3) is 0 Å². The minimum Gasteiger partial charge on any atom is -0.380 e. The van der Waals surface area contributed by atoms with E-state index in [4.69, 9.17) is 4.74 Å². The van der Waals surface area contributed by atoms with Crippen molar-refractivity contribution >= 4 is 16.5 Å². The maximum atomic E-state index is 5.40. The Balaban J connectivity index is 1.88. The molecule has 1 saturated heterocycles. The zero-order valence-corrected chi connectivity index (χ0v) is 10.6. The molecular weight excluding hydrogens is 224 g/mol. The minimum absolute atomic E-state index is 0.380. The molecule has 16 heavy (non-hydrogen) atoms. The number of ether oxygens (including phenoxy) is 1. The monoisotopic (exact) mass is 242 g/mol. The zero-order chi connectivity index (χ0) is 11.4. The molecule has 1 unspecified atom stereocenters. The number of piperidine rings is 1. The van der Waals surface area contributed by atoms with E-state index in [1.54, 1.807) is 18.4 Å². The highest BCUT2D eigenvalue weighted by Gasteiger charge is 2.20. The summed E-state index contributed by atoms with van der Waals surface area (Å²) < 4.78 is 5.40. The van der Waals surface area contributed by atoms with Crippen LogP contribution in [0.2, 0.25) is 0 Å². The number of aromatic nitrogens is 2. The summed E-state index contributed by atoms with van der Waals surface area (Å²) >= 11 is 1.62. The summed E-state index contributed by atoms with van der Waals surface area (Å²) in [5.41, 5.74) is 0. The van der Waals surface area contributed by atoms with Gasteiger partial charge in [0.15, 0.2) is 0 Å². The summed E-state index contributed by atoms with van der Waals surface area (Å²) in [6.07, 6.45) is 2.76. The van der Waals surface area contributed by atoms with E-state index in [2.05, 4.69) is 20.4 Å². The van der Waals surface area contributed by atoms with Crippen LogP contribution in [0.1, 0.15) is 17.8 Å². The molecule has 90 valence electrons. The van der Waals surface area contributed by atoms with Gasteiger partial charge in [0.2, 0.25) is 5.13 Å². The Morgan fingerprint density at radius 3 is 3.12 bits per heavy atom. The second kappa shape index (κ2) is 5.56. The van der Waals surface area contributed by atoms with Gasteiger partial charge in [-0.15, -0.1) is 10.2 Å². The smallest absolute Gasteiger partial charge is 0.205 e. The number of hydrogen-bond acceptors (Lipinski definition) is 6. The molecule has 1 aliphatic rings. The van der Waals surface area contributed by atoms with Crippen molar-refractivity contribution in [3.8, 4) is 0 Å². The summed E-state index contributed by atoms with van der Waals surface area (Å²) in [7, 11) is 3.66. The molecule has 0 radical (unpaired) electrons. The molecule has 0 aliphatic carbocycles. The van der Waals surface area contributed by atoms with Crippen LogP contribution >= 0.6 is 11.3 Å². The van der Waals surface area contributed by atoms with Crippen LogP contribution < -0.4 is 5.32 Å². The molecule has 2 heterocycles. The maximum Gasteiger partial charge on any atom is 0.205 e. The zero-order valence-electron chi connectivity index (χ0n) is 9.77. The second-order valence-corrected chi connectivity index (χ2v) is 5.05. The molecule has 1 aromatic rings. The van der Waals surface area contributed by atoms with Crippen molar-refractivity contribution in [1.82, 2.24) is 15.1 Å². The molecule has 6 heteroatoms. The first kappa shape index (κ1) is 11.8. The molecule has 1 fully saturated rings. The summed E-state index contributed by atoms with van der Waals surface area (Å²) in [5.74, 6) is 0. The summed E-state index contributed by atoms with van der Waals surface area (Å²) in [6.45, 7) is 3.03. The molecular formula is C10H18N4OS. The van der Waals surface area contributed by atoms with Gasteiger partial charge in [-0.2, -0.15) is 0 Å². The van der Waals surface area contributed by atoms with Crippen LogP contribution in [0.3, 0.4) is 0 Å². The molecule has 0 amide bonds. The lowest BCUT2D eigenvalue weighted by Crippen LogP contribution is -2.38. The van der Waals surface area contributed by atoms with Gasteiger partial charge in [0.1, 0.15) is 5.01 Å². The van der Waals surface area contributed by atoms with E-state index >= 15 is 0 Å². The van der Waals surface area contributed by atoms with Gasteiger partial charge in [-0.3, -0.25) is 4.90 Å². The Hall–Kier alpha value is -0.720. The molecule has 1 aromatic heterocycles. The number of methoxy groups -OCH3 is 1. The predicted molar refractivity (Wildman–Crippen MR) is 64.8 cm³/mol. The van der Waals surface area contributed by atoms with Gasteiger partial charge < -0.3 is 10.1 Å². The lowest BCUT2D eigenvalue weighted by atomic mass is 10.1. The molecule has 5 nitrogen and oxygen atoms in total. The lowest BCUT2D eigenvalue weighted by molar-refractivity contribution is 0.0285. The number of anilines is 1. The second-order valence-electron chi connectivity index (χ2n) is 3.99. The van der Waals surface area contributed by atoms with Crippen LogP contribution in [0, 0.1) is 0 Å². The normalized spacial score (nSPS) is 22.2. The number of nitrogens with one attached hydrogen (secondary N) is 1. The average Bonchev–Trinajstić information content (AvgIpc) is 2.77. The summed E-state index contributed by atoms with van der Waals surface area (Å²) in [5, 5.41) is 13.2. The van der Waals surface area contributed by atoms with Crippen molar-refractivity contribution in [2.45, 2.75) is 25.5 Å². The molecule has 1 N–H and O–H groups in total. The van der Waals surface area contributed by atoms with E-state index in [-0.39, 0.29) is 0 Å². The van der Waals surface area contributed by atoms with Crippen molar-refractivity contribution in [3.63, 3.8) is 0 Å². The van der Waals surface area contributed by atoms with Crippen LogP contribution in [0.5, 0.6) is 0 Å². The Morgan fingerprint density at radius 1 is 1.56 bits per heavy atom. The lowest BCUT2D eigenvalue weighted by Gasteiger charge is -2.30. The first-order chi connectivity index (χ1) is 7.81. The topological polar surface area (TPSA) is 50.3 Å². The first-order valence-electron chi connectivity index (χ1n) is 5.57. The van der Waals surface area contributed by atoms with Crippen LogP contribution in [-0.4, -0.2) is 48.4 Å². The van der Waals surface area contributed by atoms with Crippen molar-refractivity contribution in [2.75, 3.05) is 32.6 Å². The Bertz CT molecular complexity index is 330. The standard InChI is InChI=1S/C10H18N4OS/c1-11-10-13-12-9(16-10)7-14-5-3-4-8(6-14)15-2/h8H,3-7H2,1-2H3,(H,11,13). The van der Waals surface area contributed by atoms with Gasteiger partial charge in [0, 0.05) is 20.7 Å². The Morgan fingerprint density at radius 2 is 2.44 bits per heavy atom. The van der Waals surface area contributed by atoms with E-state index < -0.39 is 0 Å². The van der Waals surface area contributed by atoms with E-state index in [0.717, 1.165) is 29.8 Å². The molecule has 0 saturated carbocycles. The van der Waals surface area contributed by atoms with E-state index in [0.29, 0.717) is 6.10 Å². The minimum atomic E-state index is 0.380. The molecule has 0 spiro atoms. The van der Waals surface area contributed by atoms with Gasteiger partial charge in [-0.05, 0) is 19.4 Å². The molecule has 1 aliphatic heterocycles. The van der Waals surface area contributed by atoms with E-state index in [1.807, 2.05) is 7.05 Å². The van der Waals surface area contributed by atoms with Crippen molar-refractivity contribution in [3.05, 3.63) is 5.01 Å². The number of hydrogen-bond donors (Lipinski definition) is 1. The predicted octanol–water partition coefficient (Wildman–Crippen LogP) is 1.19. The summed E-state index contributed by atoms with van der Waals surface area (Å²) in [4.78, 5) is 2.39. The third kappa shape index (κ3) is 2.90. The van der Waals surface area contributed by atoms with Crippen LogP contribution in [0.4, 0.5) is 5.13 Å². The SMILES string of the molecule is CNc1nnc(CN2CCCC(OC)C2)s1. The highest BCUT2D eigenvalue weighted by molar-refractivity contribution is 7.15. The molecule has 0 bridgehead atoms. The highest BCUT2D eigenvalue weighted by atomic mass is 32.1. The first-order valence-corrected chi connectivity index (χ1v) is 6.38. The van der Waals surface area contributed by atoms with E-state index in [1.165, 1.54) is 12.8 Å². The van der Waals surface area contributed by atoms with Gasteiger partial charge >= 0.3 is 0 Å². The van der Waals surface area contributed by atoms with Gasteiger partial charge in [0.05, 0.1) is 12.6 Å². The van der Waals surface area contributed by atoms with Gasteiger partial charge in [-0.25, -0.2) is 0 Å². The fourth-order valence-corrected chi connectivity index (χ4v) is 2.69. The molecule has 1 atom stereocenters. The van der Waals surface area contributed by atoms with Crippen LogP contribution in [0.15, 0.2) is 0 Å². The Kier molecular flexibility index (Phi) is 4.09. The largest absolute Gasteiger partial charge is 0.380 e. The number of nitrogens with zero attached hydrogens (tertiary/aromatic N) is 3. The van der Waals surface area contributed by atoms with Crippen molar-refractivity contribution in [2.24, 2.45) is 0 Å². The highest BCUT2D eigenvalue weighted by Crippen LogP contribution is 2.19. The number of rotatable bonds is 4. The fraction of sp³-hybridized carbons (Fsp3) is 0.800. The third-order valence-electron chi connectivity index (χ3n) is 2.84. The fourth-order valence-electron chi connectivity index (χ4n) is 1.96. The van der Waals surface area contributed by atoms with Crippen molar-refractivity contribution in [1.29, 1.82) is 0 Å². The third-order valence-corrected chi connectivity index (χ3v) is 3.76. The molecule has 2 rings (SSSR count). The average molecular weight is 242 g/mol. The van der Waals surface area contributed by atoms with Crippen LogP contribution in [-0.2, 0) is 11.3 Å². The van der Waals surface area contributed by atoms with Crippen molar-refractivity contribution < 1.29 is 4.74 Å². The van der Waals surface area contributed by atoms with E-state index in [9.17, 15) is 0 Å². The molecule has 0 aromatic carbocycles. The quantitative estimate of drug-likeness (QED) is 0.859. The number of likely N-dealkylation sites (tertiary alicyclic amines) is 1. The maximum absolute atomic E-state index is 5.40. The summed E-state index contributed by atoms with van der Waals surface area (Å²) in [6, 6.07) is 0. The van der Waals surface area contributed by atoms with Gasteiger partial charge in [-0.1, -0.05) is 11.3 Å². The Labute approximate surface area is 99.8 Å².